The van der Waals surface area contributed by atoms with E-state index < -0.39 is 30.6 Å². The molecule has 2 aliphatic heterocycles. The van der Waals surface area contributed by atoms with Gasteiger partial charge >= 0.3 is 0 Å². The van der Waals surface area contributed by atoms with Crippen molar-refractivity contribution in [3.05, 3.63) is 24.0 Å². The first kappa shape index (κ1) is 15.9. The Kier molecular flexibility index (Phi) is 3.79. The molecule has 2 aliphatic rings. The summed E-state index contributed by atoms with van der Waals surface area (Å²) < 4.78 is 63.2. The van der Waals surface area contributed by atoms with Crippen LogP contribution in [0.25, 0.3) is 0 Å². The highest BCUT2D eigenvalue weighted by molar-refractivity contribution is 7.90. The lowest BCUT2D eigenvalue weighted by molar-refractivity contribution is 0.447. The van der Waals surface area contributed by atoms with Crippen LogP contribution in [-0.2, 0) is 19.9 Å². The van der Waals surface area contributed by atoms with Crippen LogP contribution in [0.4, 0.5) is 4.39 Å². The molecule has 2 fully saturated rings. The van der Waals surface area contributed by atoms with Crippen molar-refractivity contribution < 1.29 is 21.2 Å². The number of rotatable bonds is 3. The molecule has 0 radical (unpaired) electrons. The Labute approximate surface area is 129 Å². The fourth-order valence-electron chi connectivity index (χ4n) is 3.10. The second kappa shape index (κ2) is 5.26. The summed E-state index contributed by atoms with van der Waals surface area (Å²) in [7, 11) is -7.51. The van der Waals surface area contributed by atoms with Crippen LogP contribution in [0.1, 0.15) is 0 Å². The van der Waals surface area contributed by atoms with Gasteiger partial charge in [0, 0.05) is 19.3 Å². The summed E-state index contributed by atoms with van der Waals surface area (Å²) in [6.07, 6.45) is 0.883. The summed E-state index contributed by atoms with van der Waals surface area (Å²) >= 11 is 0. The van der Waals surface area contributed by atoms with E-state index in [0.29, 0.717) is 13.1 Å². The molecule has 0 spiro atoms. The fourth-order valence-corrected chi connectivity index (χ4v) is 5.39. The highest BCUT2D eigenvalue weighted by Gasteiger charge is 2.41. The molecule has 2 heterocycles. The molecule has 0 saturated carbocycles. The van der Waals surface area contributed by atoms with E-state index in [1.54, 1.807) is 0 Å². The van der Waals surface area contributed by atoms with Crippen molar-refractivity contribution in [3.63, 3.8) is 0 Å². The maximum absolute atomic E-state index is 13.9. The lowest BCUT2D eigenvalue weighted by Crippen LogP contribution is -2.32. The molecule has 0 aromatic heterocycles. The van der Waals surface area contributed by atoms with Gasteiger partial charge in [-0.25, -0.2) is 21.2 Å². The minimum Gasteiger partial charge on any atom is -0.316 e. The zero-order valence-corrected chi connectivity index (χ0v) is 13.6. The predicted octanol–water partition coefficient (Wildman–Crippen LogP) is 0.0691. The van der Waals surface area contributed by atoms with Crippen molar-refractivity contribution in [2.24, 2.45) is 11.8 Å². The van der Waals surface area contributed by atoms with E-state index in [2.05, 4.69) is 5.32 Å². The molecule has 2 saturated heterocycles. The van der Waals surface area contributed by atoms with Crippen molar-refractivity contribution in [3.8, 4) is 0 Å². The van der Waals surface area contributed by atoms with Gasteiger partial charge in [0.05, 0.1) is 4.90 Å². The molecule has 0 aliphatic carbocycles. The number of halogens is 1. The molecular formula is C13H17FN2O4S2. The maximum atomic E-state index is 13.9. The second-order valence-corrected chi connectivity index (χ2v) is 9.79. The van der Waals surface area contributed by atoms with Crippen LogP contribution < -0.4 is 5.32 Å². The van der Waals surface area contributed by atoms with Gasteiger partial charge in [-0.1, -0.05) is 0 Å². The number of benzene rings is 1. The quantitative estimate of drug-likeness (QED) is 0.836. The summed E-state index contributed by atoms with van der Waals surface area (Å²) in [5.41, 5.74) is 0. The number of sulfonamides is 1. The van der Waals surface area contributed by atoms with Gasteiger partial charge < -0.3 is 5.32 Å². The molecule has 6 nitrogen and oxygen atoms in total. The number of sulfone groups is 1. The van der Waals surface area contributed by atoms with Crippen molar-refractivity contribution in [2.45, 2.75) is 9.79 Å². The predicted molar refractivity (Wildman–Crippen MR) is 78.1 cm³/mol. The van der Waals surface area contributed by atoms with E-state index in [0.717, 1.165) is 37.5 Å². The first-order chi connectivity index (χ1) is 10.2. The van der Waals surface area contributed by atoms with Crippen LogP contribution in [0.5, 0.6) is 0 Å². The molecule has 1 aromatic carbocycles. The molecule has 122 valence electrons. The third kappa shape index (κ3) is 2.66. The van der Waals surface area contributed by atoms with Crippen molar-refractivity contribution in [1.82, 2.24) is 9.62 Å². The molecular weight excluding hydrogens is 331 g/mol. The summed E-state index contributed by atoms with van der Waals surface area (Å²) in [6.45, 7) is 2.40. The minimum atomic E-state index is -3.79. The molecule has 1 aromatic rings. The Bertz CT molecular complexity index is 795. The van der Waals surface area contributed by atoms with Gasteiger partial charge in [-0.2, -0.15) is 4.31 Å². The zero-order chi connectivity index (χ0) is 16.1. The van der Waals surface area contributed by atoms with E-state index >= 15 is 0 Å². The van der Waals surface area contributed by atoms with Crippen LogP contribution in [0, 0.1) is 17.7 Å². The average Bonchev–Trinajstić information content (AvgIpc) is 2.97. The van der Waals surface area contributed by atoms with Crippen molar-refractivity contribution in [2.75, 3.05) is 32.4 Å². The molecule has 0 bridgehead atoms. The van der Waals surface area contributed by atoms with Gasteiger partial charge in [0.1, 0.15) is 10.7 Å². The van der Waals surface area contributed by atoms with E-state index in [9.17, 15) is 21.2 Å². The third-order valence-electron chi connectivity index (χ3n) is 4.30. The second-order valence-electron chi connectivity index (χ2n) is 5.86. The number of hydrogen-bond donors (Lipinski definition) is 1. The Morgan fingerprint density at radius 3 is 2.23 bits per heavy atom. The van der Waals surface area contributed by atoms with E-state index in [-0.39, 0.29) is 16.7 Å². The first-order valence-corrected chi connectivity index (χ1v) is 10.2. The Hall–Kier alpha value is -1.03. The van der Waals surface area contributed by atoms with Gasteiger partial charge in [0.15, 0.2) is 9.84 Å². The van der Waals surface area contributed by atoms with Gasteiger partial charge in [-0.05, 0) is 43.1 Å². The van der Waals surface area contributed by atoms with Gasteiger partial charge in [-0.3, -0.25) is 0 Å². The lowest BCUT2D eigenvalue weighted by atomic mass is 10.0. The summed E-state index contributed by atoms with van der Waals surface area (Å²) in [5.74, 6) is -0.463. The number of hydrogen-bond acceptors (Lipinski definition) is 5. The molecule has 9 heteroatoms. The number of fused-ring (bicyclic) bond motifs is 1. The lowest BCUT2D eigenvalue weighted by Gasteiger charge is -2.17. The molecule has 2 atom stereocenters. The standard InChI is InChI=1S/C13H17FN2O4S2/c1-21(17,18)13-3-2-11(4-12(13)14)22(19,20)16-7-9-5-15-6-10(9)8-16/h2-4,9-10,15H,5-8H2,1H3/t9-,10+. The number of nitrogens with zero attached hydrogens (tertiary/aromatic N) is 1. The molecule has 3 rings (SSSR count). The summed E-state index contributed by atoms with van der Waals surface area (Å²) in [4.78, 5) is -0.695. The Morgan fingerprint density at radius 2 is 1.73 bits per heavy atom. The molecule has 22 heavy (non-hydrogen) atoms. The van der Waals surface area contributed by atoms with E-state index in [1.807, 2.05) is 0 Å². The highest BCUT2D eigenvalue weighted by Crippen LogP contribution is 2.31. The van der Waals surface area contributed by atoms with Gasteiger partial charge in [0.2, 0.25) is 10.0 Å². The van der Waals surface area contributed by atoms with Gasteiger partial charge in [-0.15, -0.1) is 0 Å². The fraction of sp³-hybridized carbons (Fsp3) is 0.538. The SMILES string of the molecule is CS(=O)(=O)c1ccc(S(=O)(=O)N2C[C@H]3CNC[C@H]3C2)cc1F. The van der Waals surface area contributed by atoms with E-state index in [4.69, 9.17) is 0 Å². The molecule has 1 N–H and O–H groups in total. The smallest absolute Gasteiger partial charge is 0.243 e. The first-order valence-electron chi connectivity index (χ1n) is 6.90. The Balaban J connectivity index is 1.92. The third-order valence-corrected chi connectivity index (χ3v) is 7.25. The molecule has 0 unspecified atom stereocenters. The summed E-state index contributed by atoms with van der Waals surface area (Å²) in [5, 5.41) is 3.22. The van der Waals surface area contributed by atoms with Gasteiger partial charge in [0.25, 0.3) is 0 Å². The number of nitrogens with one attached hydrogen (secondary N) is 1. The average molecular weight is 348 g/mol. The summed E-state index contributed by atoms with van der Waals surface area (Å²) in [6, 6.07) is 2.95. The minimum absolute atomic E-state index is 0.203. The van der Waals surface area contributed by atoms with Crippen LogP contribution in [-0.4, -0.2) is 53.6 Å². The van der Waals surface area contributed by atoms with Crippen LogP contribution >= 0.6 is 0 Å². The zero-order valence-electron chi connectivity index (χ0n) is 12.0. The van der Waals surface area contributed by atoms with Crippen LogP contribution in [0.2, 0.25) is 0 Å². The normalized spacial score (nSPS) is 26.3. The highest BCUT2D eigenvalue weighted by atomic mass is 32.2. The van der Waals surface area contributed by atoms with Crippen LogP contribution in [0.3, 0.4) is 0 Å². The maximum Gasteiger partial charge on any atom is 0.243 e. The monoisotopic (exact) mass is 348 g/mol. The molecule has 0 amide bonds. The van der Waals surface area contributed by atoms with Crippen molar-refractivity contribution >= 4 is 19.9 Å². The van der Waals surface area contributed by atoms with Crippen molar-refractivity contribution in [1.29, 1.82) is 0 Å². The van der Waals surface area contributed by atoms with Crippen LogP contribution in [0.15, 0.2) is 28.0 Å². The Morgan fingerprint density at radius 1 is 1.14 bits per heavy atom. The topological polar surface area (TPSA) is 83.5 Å². The van der Waals surface area contributed by atoms with E-state index in [1.165, 1.54) is 4.31 Å². The largest absolute Gasteiger partial charge is 0.316 e.